The largest absolute Gasteiger partial charge is 0.497 e. The number of likely N-dealkylation sites (tertiary alicyclic amines) is 1. The summed E-state index contributed by atoms with van der Waals surface area (Å²) in [6, 6.07) is 5.77. The van der Waals surface area contributed by atoms with Crippen LogP contribution >= 0.6 is 0 Å². The quantitative estimate of drug-likeness (QED) is 0.523. The van der Waals surface area contributed by atoms with Gasteiger partial charge in [0.15, 0.2) is 0 Å². The summed E-state index contributed by atoms with van der Waals surface area (Å²) in [6.45, 7) is 5.92. The number of benzene rings is 1. The Morgan fingerprint density at radius 3 is 2.50 bits per heavy atom. The van der Waals surface area contributed by atoms with Crippen LogP contribution in [0.25, 0.3) is 0 Å². The first-order valence-corrected chi connectivity index (χ1v) is 11.0. The highest BCUT2D eigenvalue weighted by molar-refractivity contribution is 5.85. The lowest BCUT2D eigenvalue weighted by Gasteiger charge is -2.55. The molecule has 0 radical (unpaired) electrons. The fraction of sp³-hybridized carbons (Fsp3) is 0.625. The zero-order chi connectivity index (χ0) is 23.5. The Morgan fingerprint density at radius 2 is 1.91 bits per heavy atom. The molecule has 2 aliphatic heterocycles. The number of likely N-dealkylation sites (N-methyl/N-ethyl adjacent to an activating group) is 1. The zero-order valence-corrected chi connectivity index (χ0v) is 19.6. The van der Waals surface area contributed by atoms with E-state index in [9.17, 15) is 14.4 Å². The predicted molar refractivity (Wildman–Crippen MR) is 118 cm³/mol. The van der Waals surface area contributed by atoms with E-state index in [1.54, 1.807) is 12.0 Å². The minimum absolute atomic E-state index is 0.412. The molecule has 1 unspecified atom stereocenters. The summed E-state index contributed by atoms with van der Waals surface area (Å²) in [4.78, 5) is 42.6. The van der Waals surface area contributed by atoms with Gasteiger partial charge in [0, 0.05) is 25.2 Å². The lowest BCUT2D eigenvalue weighted by Crippen LogP contribution is -2.69. The Labute approximate surface area is 188 Å². The van der Waals surface area contributed by atoms with Crippen molar-refractivity contribution in [3.05, 3.63) is 23.8 Å². The summed E-state index contributed by atoms with van der Waals surface area (Å²) in [5.41, 5.74) is -0.498. The van der Waals surface area contributed by atoms with Crippen molar-refractivity contribution in [1.82, 2.24) is 4.90 Å². The maximum absolute atomic E-state index is 13.4. The van der Waals surface area contributed by atoms with Crippen molar-refractivity contribution in [2.75, 3.05) is 32.7 Å². The molecule has 4 atom stereocenters. The van der Waals surface area contributed by atoms with Gasteiger partial charge in [-0.3, -0.25) is 9.69 Å². The third-order valence-electron chi connectivity index (χ3n) is 7.52. The maximum atomic E-state index is 13.4. The predicted octanol–water partition coefficient (Wildman–Crippen LogP) is 3.12. The molecule has 0 spiro atoms. The SMILES string of the molecule is COC(=O)[C@@H]1C(C=O)CC[C@]23N(C(=O)OC(C)(C)C)CC[C@]12c1cc(OC)ccc1N3C. The third-order valence-corrected chi connectivity index (χ3v) is 7.52. The number of amides is 1. The number of hydrogen-bond acceptors (Lipinski definition) is 7. The molecule has 1 aliphatic carbocycles. The summed E-state index contributed by atoms with van der Waals surface area (Å²) >= 11 is 0. The third kappa shape index (κ3) is 2.77. The van der Waals surface area contributed by atoms with Crippen LogP contribution in [0.5, 0.6) is 5.75 Å². The van der Waals surface area contributed by atoms with Crippen LogP contribution < -0.4 is 9.64 Å². The molecule has 0 bridgehead atoms. The van der Waals surface area contributed by atoms with E-state index in [1.807, 2.05) is 46.0 Å². The molecule has 4 rings (SSSR count). The number of hydrogen-bond donors (Lipinski definition) is 0. The first kappa shape index (κ1) is 22.4. The molecule has 8 heteroatoms. The van der Waals surface area contributed by atoms with Gasteiger partial charge in [-0.25, -0.2) is 4.79 Å². The Kier molecular flexibility index (Phi) is 5.18. The number of rotatable bonds is 3. The maximum Gasteiger partial charge on any atom is 0.412 e. The Morgan fingerprint density at radius 1 is 1.19 bits per heavy atom. The van der Waals surface area contributed by atoms with Gasteiger partial charge >= 0.3 is 12.1 Å². The molecule has 2 fully saturated rings. The second-order valence-corrected chi connectivity index (χ2v) is 9.95. The topological polar surface area (TPSA) is 85.4 Å². The van der Waals surface area contributed by atoms with Crippen molar-refractivity contribution in [2.45, 2.75) is 56.7 Å². The minimum Gasteiger partial charge on any atom is -0.497 e. The molecule has 174 valence electrons. The van der Waals surface area contributed by atoms with Crippen LogP contribution in [0.15, 0.2) is 18.2 Å². The average Bonchev–Trinajstić information content (AvgIpc) is 3.21. The van der Waals surface area contributed by atoms with E-state index in [4.69, 9.17) is 14.2 Å². The average molecular weight is 445 g/mol. The van der Waals surface area contributed by atoms with E-state index in [0.29, 0.717) is 31.6 Å². The smallest absolute Gasteiger partial charge is 0.412 e. The molecule has 8 nitrogen and oxygen atoms in total. The fourth-order valence-corrected chi connectivity index (χ4v) is 6.44. The first-order valence-electron chi connectivity index (χ1n) is 11.0. The van der Waals surface area contributed by atoms with Crippen molar-refractivity contribution >= 4 is 24.0 Å². The van der Waals surface area contributed by atoms with Crippen molar-refractivity contribution in [3.8, 4) is 5.75 Å². The molecule has 1 saturated carbocycles. The summed E-state index contributed by atoms with van der Waals surface area (Å²) < 4.78 is 16.5. The van der Waals surface area contributed by atoms with E-state index in [1.165, 1.54) is 7.11 Å². The number of ether oxygens (including phenoxy) is 3. The van der Waals surface area contributed by atoms with Gasteiger partial charge in [-0.05, 0) is 63.8 Å². The molecule has 1 aromatic carbocycles. The van der Waals surface area contributed by atoms with Crippen LogP contribution in [0.3, 0.4) is 0 Å². The normalized spacial score (nSPS) is 30.8. The van der Waals surface area contributed by atoms with Crippen LogP contribution in [0.4, 0.5) is 10.5 Å². The summed E-state index contributed by atoms with van der Waals surface area (Å²) in [6.07, 6.45) is 1.98. The standard InChI is InChI=1S/C24H32N2O6/c1-22(2,3)32-21(29)26-12-11-23-17-13-16(30-5)7-8-18(17)25(4)24(23,26)10-9-15(14-27)19(23)20(28)31-6/h7-8,13-15,19H,9-12H2,1-6H3/t15?,19-,23-,24-/m0/s1. The highest BCUT2D eigenvalue weighted by atomic mass is 16.6. The van der Waals surface area contributed by atoms with Crippen molar-refractivity contribution in [1.29, 1.82) is 0 Å². The van der Waals surface area contributed by atoms with Gasteiger partial charge in [-0.2, -0.15) is 0 Å². The van der Waals surface area contributed by atoms with Gasteiger partial charge in [0.2, 0.25) is 0 Å². The van der Waals surface area contributed by atoms with Gasteiger partial charge < -0.3 is 23.9 Å². The van der Waals surface area contributed by atoms with Gasteiger partial charge in [0.1, 0.15) is 23.3 Å². The number of nitrogens with zero attached hydrogens (tertiary/aromatic N) is 2. The van der Waals surface area contributed by atoms with Crippen LogP contribution in [-0.2, 0) is 24.5 Å². The van der Waals surface area contributed by atoms with Crippen LogP contribution in [0.2, 0.25) is 0 Å². The zero-order valence-electron chi connectivity index (χ0n) is 19.6. The molecule has 32 heavy (non-hydrogen) atoms. The Balaban J connectivity index is 1.97. The van der Waals surface area contributed by atoms with E-state index in [2.05, 4.69) is 4.90 Å². The highest BCUT2D eigenvalue weighted by Crippen LogP contribution is 2.67. The number of methoxy groups -OCH3 is 2. The lowest BCUT2D eigenvalue weighted by atomic mass is 9.54. The Bertz CT molecular complexity index is 956. The van der Waals surface area contributed by atoms with Gasteiger partial charge in [-0.1, -0.05) is 0 Å². The van der Waals surface area contributed by atoms with Crippen LogP contribution in [0.1, 0.15) is 45.6 Å². The van der Waals surface area contributed by atoms with E-state index in [-0.39, 0.29) is 0 Å². The number of carbonyl (C=O) groups is 3. The van der Waals surface area contributed by atoms with Gasteiger partial charge in [-0.15, -0.1) is 0 Å². The molecule has 1 aromatic rings. The molecular weight excluding hydrogens is 412 g/mol. The van der Waals surface area contributed by atoms with Crippen molar-refractivity contribution in [3.63, 3.8) is 0 Å². The van der Waals surface area contributed by atoms with Crippen molar-refractivity contribution in [2.24, 2.45) is 11.8 Å². The number of aldehydes is 1. The summed E-state index contributed by atoms with van der Waals surface area (Å²) in [5, 5.41) is 0. The molecule has 2 heterocycles. The van der Waals surface area contributed by atoms with E-state index in [0.717, 1.165) is 17.5 Å². The molecule has 0 aromatic heterocycles. The second kappa shape index (κ2) is 7.39. The monoisotopic (exact) mass is 444 g/mol. The molecule has 1 saturated heterocycles. The minimum atomic E-state index is -0.845. The van der Waals surface area contributed by atoms with Crippen molar-refractivity contribution < 1.29 is 28.6 Å². The van der Waals surface area contributed by atoms with Gasteiger partial charge in [0.25, 0.3) is 0 Å². The lowest BCUT2D eigenvalue weighted by molar-refractivity contribution is -0.157. The number of esters is 1. The highest BCUT2D eigenvalue weighted by Gasteiger charge is 2.75. The van der Waals surface area contributed by atoms with Crippen LogP contribution in [0, 0.1) is 11.8 Å². The number of carbonyl (C=O) groups excluding carboxylic acids is 3. The molecular formula is C24H32N2O6. The summed E-state index contributed by atoms with van der Waals surface area (Å²) in [7, 11) is 4.90. The second-order valence-electron chi connectivity index (χ2n) is 9.95. The first-order chi connectivity index (χ1) is 15.1. The Hall–Kier alpha value is -2.77. The number of anilines is 1. The van der Waals surface area contributed by atoms with Gasteiger partial charge in [0.05, 0.1) is 25.6 Å². The fourth-order valence-electron chi connectivity index (χ4n) is 6.44. The van der Waals surface area contributed by atoms with E-state index >= 15 is 0 Å². The number of fused-ring (bicyclic) bond motifs is 1. The molecule has 0 N–H and O–H groups in total. The summed E-state index contributed by atoms with van der Waals surface area (Å²) in [5.74, 6) is -0.988. The molecule has 1 amide bonds. The van der Waals surface area contributed by atoms with Crippen LogP contribution in [-0.4, -0.2) is 62.3 Å². The van der Waals surface area contributed by atoms with E-state index < -0.39 is 40.6 Å². The molecule has 3 aliphatic rings.